The molecule has 1 aromatic carbocycles. The van der Waals surface area contributed by atoms with E-state index in [4.69, 9.17) is 0 Å². The highest BCUT2D eigenvalue weighted by atomic mass is 16.2. The van der Waals surface area contributed by atoms with Crippen LogP contribution >= 0.6 is 0 Å². The van der Waals surface area contributed by atoms with E-state index in [1.54, 1.807) is 0 Å². The van der Waals surface area contributed by atoms with E-state index < -0.39 is 0 Å². The van der Waals surface area contributed by atoms with Crippen LogP contribution in [-0.4, -0.2) is 31.6 Å². The molecule has 0 bridgehead atoms. The van der Waals surface area contributed by atoms with E-state index in [2.05, 4.69) is 35.0 Å². The van der Waals surface area contributed by atoms with Gasteiger partial charge in [0, 0.05) is 26.2 Å². The van der Waals surface area contributed by atoms with Gasteiger partial charge in [0.1, 0.15) is 0 Å². The lowest BCUT2D eigenvalue weighted by atomic mass is 10.1. The molecular formula is C13H19N3O. The van der Waals surface area contributed by atoms with Crippen molar-refractivity contribution in [2.75, 3.05) is 19.6 Å². The first-order valence-corrected chi connectivity index (χ1v) is 6.03. The van der Waals surface area contributed by atoms with Gasteiger partial charge in [-0.05, 0) is 12.5 Å². The molecule has 1 aliphatic heterocycles. The Morgan fingerprint density at radius 3 is 2.76 bits per heavy atom. The minimum absolute atomic E-state index is 0.0674. The van der Waals surface area contributed by atoms with E-state index in [1.165, 1.54) is 5.56 Å². The SMILES string of the molecule is Cc1ccc(CNC(=O)C2CNCCN2)cc1. The topological polar surface area (TPSA) is 53.2 Å². The smallest absolute Gasteiger partial charge is 0.238 e. The van der Waals surface area contributed by atoms with Crippen molar-refractivity contribution in [3.05, 3.63) is 35.4 Å². The lowest BCUT2D eigenvalue weighted by Gasteiger charge is -2.23. The Hall–Kier alpha value is -1.39. The van der Waals surface area contributed by atoms with E-state index in [1.807, 2.05) is 12.1 Å². The summed E-state index contributed by atoms with van der Waals surface area (Å²) in [6, 6.07) is 8.10. The van der Waals surface area contributed by atoms with Gasteiger partial charge in [0.05, 0.1) is 6.04 Å². The van der Waals surface area contributed by atoms with Crippen molar-refractivity contribution < 1.29 is 4.79 Å². The molecule has 1 heterocycles. The molecule has 0 aromatic heterocycles. The van der Waals surface area contributed by atoms with E-state index in [0.29, 0.717) is 13.1 Å². The van der Waals surface area contributed by atoms with Gasteiger partial charge >= 0.3 is 0 Å². The minimum atomic E-state index is -0.103. The Kier molecular flexibility index (Phi) is 4.12. The van der Waals surface area contributed by atoms with Crippen LogP contribution in [0.15, 0.2) is 24.3 Å². The third-order valence-corrected chi connectivity index (χ3v) is 2.94. The Labute approximate surface area is 102 Å². The molecular weight excluding hydrogens is 214 g/mol. The minimum Gasteiger partial charge on any atom is -0.351 e. The van der Waals surface area contributed by atoms with Crippen LogP contribution in [0.5, 0.6) is 0 Å². The summed E-state index contributed by atoms with van der Waals surface area (Å²) >= 11 is 0. The number of amides is 1. The summed E-state index contributed by atoms with van der Waals surface area (Å²) in [7, 11) is 0. The van der Waals surface area contributed by atoms with Gasteiger partial charge in [0.25, 0.3) is 0 Å². The fraction of sp³-hybridized carbons (Fsp3) is 0.462. The van der Waals surface area contributed by atoms with Gasteiger partial charge < -0.3 is 16.0 Å². The molecule has 4 nitrogen and oxygen atoms in total. The average Bonchev–Trinajstić information content (AvgIpc) is 2.39. The van der Waals surface area contributed by atoms with Gasteiger partial charge in [0.2, 0.25) is 5.91 Å². The van der Waals surface area contributed by atoms with Crippen LogP contribution in [0.1, 0.15) is 11.1 Å². The number of carbonyl (C=O) groups is 1. The summed E-state index contributed by atoms with van der Waals surface area (Å²) in [5, 5.41) is 9.33. The molecule has 1 unspecified atom stereocenters. The van der Waals surface area contributed by atoms with Gasteiger partial charge in [-0.1, -0.05) is 29.8 Å². The zero-order chi connectivity index (χ0) is 12.1. The maximum atomic E-state index is 11.8. The van der Waals surface area contributed by atoms with Crippen molar-refractivity contribution >= 4 is 5.91 Å². The molecule has 0 aliphatic carbocycles. The summed E-state index contributed by atoms with van der Waals surface area (Å²) in [5.74, 6) is 0.0674. The number of rotatable bonds is 3. The van der Waals surface area contributed by atoms with Crippen LogP contribution in [0.3, 0.4) is 0 Å². The molecule has 2 rings (SSSR count). The molecule has 1 aliphatic rings. The number of carbonyl (C=O) groups excluding carboxylic acids is 1. The van der Waals surface area contributed by atoms with Crippen molar-refractivity contribution in [3.8, 4) is 0 Å². The van der Waals surface area contributed by atoms with Gasteiger partial charge in [-0.3, -0.25) is 4.79 Å². The number of hydrogen-bond donors (Lipinski definition) is 3. The standard InChI is InChI=1S/C13H19N3O/c1-10-2-4-11(5-3-10)8-16-13(17)12-9-14-6-7-15-12/h2-5,12,14-15H,6-9H2,1H3,(H,16,17). The van der Waals surface area contributed by atoms with Crippen LogP contribution in [0, 0.1) is 6.92 Å². The van der Waals surface area contributed by atoms with Crippen molar-refractivity contribution in [1.82, 2.24) is 16.0 Å². The van der Waals surface area contributed by atoms with Gasteiger partial charge in [0.15, 0.2) is 0 Å². The Morgan fingerprint density at radius 1 is 1.35 bits per heavy atom. The summed E-state index contributed by atoms with van der Waals surface area (Å²) in [6.07, 6.45) is 0. The van der Waals surface area contributed by atoms with Crippen LogP contribution in [-0.2, 0) is 11.3 Å². The van der Waals surface area contributed by atoms with E-state index >= 15 is 0 Å². The number of hydrogen-bond acceptors (Lipinski definition) is 3. The average molecular weight is 233 g/mol. The second-order valence-electron chi connectivity index (χ2n) is 4.41. The predicted molar refractivity (Wildman–Crippen MR) is 67.7 cm³/mol. The molecule has 3 N–H and O–H groups in total. The molecule has 0 radical (unpaired) electrons. The number of nitrogens with one attached hydrogen (secondary N) is 3. The normalized spacial score (nSPS) is 19.9. The second kappa shape index (κ2) is 5.80. The first-order chi connectivity index (χ1) is 8.25. The fourth-order valence-corrected chi connectivity index (χ4v) is 1.86. The van der Waals surface area contributed by atoms with Gasteiger partial charge in [-0.25, -0.2) is 0 Å². The number of benzene rings is 1. The van der Waals surface area contributed by atoms with Gasteiger partial charge in [-0.2, -0.15) is 0 Å². The molecule has 0 spiro atoms. The van der Waals surface area contributed by atoms with Crippen molar-refractivity contribution in [2.45, 2.75) is 19.5 Å². The zero-order valence-electron chi connectivity index (χ0n) is 10.1. The summed E-state index contributed by atoms with van der Waals surface area (Å²) < 4.78 is 0. The van der Waals surface area contributed by atoms with Crippen molar-refractivity contribution in [1.29, 1.82) is 0 Å². The molecule has 1 aromatic rings. The summed E-state index contributed by atoms with van der Waals surface area (Å²) in [5.41, 5.74) is 2.37. The molecule has 1 amide bonds. The van der Waals surface area contributed by atoms with E-state index in [-0.39, 0.29) is 11.9 Å². The lowest BCUT2D eigenvalue weighted by Crippen LogP contribution is -2.55. The third-order valence-electron chi connectivity index (χ3n) is 2.94. The molecule has 17 heavy (non-hydrogen) atoms. The molecule has 92 valence electrons. The highest BCUT2D eigenvalue weighted by Gasteiger charge is 2.19. The van der Waals surface area contributed by atoms with Crippen LogP contribution in [0.2, 0.25) is 0 Å². The van der Waals surface area contributed by atoms with E-state index in [9.17, 15) is 4.79 Å². The first kappa shape index (κ1) is 12.1. The van der Waals surface area contributed by atoms with Crippen molar-refractivity contribution in [2.24, 2.45) is 0 Å². The fourth-order valence-electron chi connectivity index (χ4n) is 1.86. The Bertz CT molecular complexity index is 369. The number of aryl methyl sites for hydroxylation is 1. The third kappa shape index (κ3) is 3.54. The monoisotopic (exact) mass is 233 g/mol. The maximum Gasteiger partial charge on any atom is 0.238 e. The largest absolute Gasteiger partial charge is 0.351 e. The van der Waals surface area contributed by atoms with Crippen molar-refractivity contribution in [3.63, 3.8) is 0 Å². The Balaban J connectivity index is 1.81. The zero-order valence-corrected chi connectivity index (χ0v) is 10.1. The quantitative estimate of drug-likeness (QED) is 0.698. The molecule has 0 saturated carbocycles. The Morgan fingerprint density at radius 2 is 2.12 bits per heavy atom. The summed E-state index contributed by atoms with van der Waals surface area (Å²) in [4.78, 5) is 11.8. The molecule has 1 atom stereocenters. The molecule has 1 fully saturated rings. The van der Waals surface area contributed by atoms with Crippen LogP contribution < -0.4 is 16.0 Å². The van der Waals surface area contributed by atoms with Crippen LogP contribution in [0.4, 0.5) is 0 Å². The number of piperazine rings is 1. The predicted octanol–water partition coefficient (Wildman–Crippen LogP) is 0.173. The molecule has 4 heteroatoms. The first-order valence-electron chi connectivity index (χ1n) is 6.03. The highest BCUT2D eigenvalue weighted by Crippen LogP contribution is 2.02. The molecule has 1 saturated heterocycles. The lowest BCUT2D eigenvalue weighted by molar-refractivity contribution is -0.123. The van der Waals surface area contributed by atoms with Crippen LogP contribution in [0.25, 0.3) is 0 Å². The van der Waals surface area contributed by atoms with E-state index in [0.717, 1.165) is 18.7 Å². The maximum absolute atomic E-state index is 11.8. The van der Waals surface area contributed by atoms with Gasteiger partial charge in [-0.15, -0.1) is 0 Å². The summed E-state index contributed by atoms with van der Waals surface area (Å²) in [6.45, 7) is 5.14. The highest BCUT2D eigenvalue weighted by molar-refractivity contribution is 5.82. The second-order valence-corrected chi connectivity index (χ2v) is 4.41.